The molecule has 24 heavy (non-hydrogen) atoms. The molecule has 1 aromatic heterocycles. The summed E-state index contributed by atoms with van der Waals surface area (Å²) in [5.74, 6) is -1.25. The van der Waals surface area contributed by atoms with E-state index in [4.69, 9.17) is 9.84 Å². The van der Waals surface area contributed by atoms with Gasteiger partial charge < -0.3 is 14.7 Å². The van der Waals surface area contributed by atoms with Crippen LogP contribution in [-0.4, -0.2) is 51.8 Å². The number of carbonyl (C=O) groups excluding carboxylic acids is 1. The maximum absolute atomic E-state index is 12.9. The number of hydrogen-bond donors (Lipinski definition) is 2. The molecular weight excluding hydrogens is 310 g/mol. The fraction of sp³-hybridized carbons (Fsp3) is 0.353. The van der Waals surface area contributed by atoms with E-state index in [-0.39, 0.29) is 17.5 Å². The van der Waals surface area contributed by atoms with Gasteiger partial charge in [0.15, 0.2) is 0 Å². The number of morpholine rings is 1. The van der Waals surface area contributed by atoms with Crippen molar-refractivity contribution in [2.75, 3.05) is 19.8 Å². The number of hydrogen-bond acceptors (Lipinski definition) is 4. The van der Waals surface area contributed by atoms with Gasteiger partial charge in [-0.25, -0.2) is 4.79 Å². The zero-order valence-corrected chi connectivity index (χ0v) is 13.6. The molecule has 1 fully saturated rings. The van der Waals surface area contributed by atoms with Gasteiger partial charge in [0, 0.05) is 23.4 Å². The lowest BCUT2D eigenvalue weighted by molar-refractivity contribution is -0.00301. The summed E-state index contributed by atoms with van der Waals surface area (Å²) in [6, 6.07) is 5.86. The van der Waals surface area contributed by atoms with E-state index in [9.17, 15) is 9.59 Å². The largest absolute Gasteiger partial charge is 0.478 e. The molecule has 0 spiro atoms. The van der Waals surface area contributed by atoms with Crippen LogP contribution in [0.3, 0.4) is 0 Å². The van der Waals surface area contributed by atoms with Crippen molar-refractivity contribution in [2.24, 2.45) is 0 Å². The first kappa shape index (κ1) is 16.2. The molecule has 2 N–H and O–H groups in total. The highest BCUT2D eigenvalue weighted by atomic mass is 16.5. The quantitative estimate of drug-likeness (QED) is 0.897. The molecule has 1 amide bonds. The SMILES string of the molecule is Cc1n[nH]c(C)c1C1COCCN1C(=O)c1cccc(C(=O)O)c1. The van der Waals surface area contributed by atoms with E-state index in [1.807, 2.05) is 13.8 Å². The number of benzene rings is 1. The van der Waals surface area contributed by atoms with Gasteiger partial charge in [0.05, 0.1) is 30.5 Å². The highest BCUT2D eigenvalue weighted by Gasteiger charge is 2.32. The topological polar surface area (TPSA) is 95.5 Å². The van der Waals surface area contributed by atoms with Crippen LogP contribution < -0.4 is 0 Å². The van der Waals surface area contributed by atoms with Gasteiger partial charge in [0.1, 0.15) is 0 Å². The maximum Gasteiger partial charge on any atom is 0.335 e. The van der Waals surface area contributed by atoms with Gasteiger partial charge in [-0.05, 0) is 32.0 Å². The number of ether oxygens (including phenoxy) is 1. The summed E-state index contributed by atoms with van der Waals surface area (Å²) >= 11 is 0. The number of H-pyrrole nitrogens is 1. The lowest BCUT2D eigenvalue weighted by Gasteiger charge is -2.36. The van der Waals surface area contributed by atoms with Crippen LogP contribution in [0.4, 0.5) is 0 Å². The zero-order chi connectivity index (χ0) is 17.3. The maximum atomic E-state index is 12.9. The first-order chi connectivity index (χ1) is 11.5. The van der Waals surface area contributed by atoms with Gasteiger partial charge in [-0.3, -0.25) is 9.89 Å². The minimum atomic E-state index is -1.05. The van der Waals surface area contributed by atoms with Crippen LogP contribution in [0.2, 0.25) is 0 Å². The molecule has 1 aliphatic heterocycles. The van der Waals surface area contributed by atoms with Gasteiger partial charge in [0.25, 0.3) is 5.91 Å². The van der Waals surface area contributed by atoms with E-state index in [1.165, 1.54) is 12.1 Å². The third-order valence-electron chi connectivity index (χ3n) is 4.26. The Morgan fingerprint density at radius 1 is 1.33 bits per heavy atom. The Morgan fingerprint density at radius 2 is 2.08 bits per heavy atom. The molecule has 1 unspecified atom stereocenters. The normalized spacial score (nSPS) is 17.8. The van der Waals surface area contributed by atoms with Gasteiger partial charge in [-0.1, -0.05) is 6.07 Å². The number of carboxylic acids is 1. The Bertz CT molecular complexity index is 764. The number of amides is 1. The number of nitrogens with one attached hydrogen (secondary N) is 1. The number of carboxylic acid groups (broad SMARTS) is 1. The fourth-order valence-corrected chi connectivity index (χ4v) is 3.09. The number of aromatic nitrogens is 2. The molecule has 0 bridgehead atoms. The smallest absolute Gasteiger partial charge is 0.335 e. The van der Waals surface area contributed by atoms with Crippen molar-refractivity contribution in [1.29, 1.82) is 0 Å². The number of rotatable bonds is 3. The standard InChI is InChI=1S/C17H19N3O4/c1-10-15(11(2)19-18-10)14-9-24-7-6-20(14)16(21)12-4-3-5-13(8-12)17(22)23/h3-5,8,14H,6-7,9H2,1-2H3,(H,18,19)(H,22,23). The van der Waals surface area contributed by atoms with Gasteiger partial charge >= 0.3 is 5.97 Å². The molecule has 0 saturated carbocycles. The third kappa shape index (κ3) is 2.90. The van der Waals surface area contributed by atoms with Crippen LogP contribution in [0, 0.1) is 13.8 Å². The van der Waals surface area contributed by atoms with E-state index in [2.05, 4.69) is 10.2 Å². The molecule has 2 heterocycles. The first-order valence-corrected chi connectivity index (χ1v) is 7.72. The monoisotopic (exact) mass is 329 g/mol. The van der Waals surface area contributed by atoms with E-state index >= 15 is 0 Å². The summed E-state index contributed by atoms with van der Waals surface area (Å²) in [6.07, 6.45) is 0. The van der Waals surface area contributed by atoms with Gasteiger partial charge in [0.2, 0.25) is 0 Å². The summed E-state index contributed by atoms with van der Waals surface area (Å²) in [5, 5.41) is 16.3. The molecule has 2 aromatic rings. The number of carbonyl (C=O) groups is 2. The summed E-state index contributed by atoms with van der Waals surface area (Å²) < 4.78 is 5.56. The average Bonchev–Trinajstić information content (AvgIpc) is 2.93. The predicted molar refractivity (Wildman–Crippen MR) is 86.1 cm³/mol. The zero-order valence-electron chi connectivity index (χ0n) is 13.6. The fourth-order valence-electron chi connectivity index (χ4n) is 3.09. The van der Waals surface area contributed by atoms with Crippen molar-refractivity contribution >= 4 is 11.9 Å². The Kier molecular flexibility index (Phi) is 4.35. The lowest BCUT2D eigenvalue weighted by atomic mass is 10.0. The molecular formula is C17H19N3O4. The molecule has 3 rings (SSSR count). The average molecular weight is 329 g/mol. The molecule has 7 heteroatoms. The summed E-state index contributed by atoms with van der Waals surface area (Å²) in [4.78, 5) is 25.8. The third-order valence-corrected chi connectivity index (χ3v) is 4.26. The van der Waals surface area contributed by atoms with E-state index in [0.29, 0.717) is 25.3 Å². The van der Waals surface area contributed by atoms with Crippen LogP contribution >= 0.6 is 0 Å². The second-order valence-electron chi connectivity index (χ2n) is 5.82. The predicted octanol–water partition coefficient (Wildman–Crippen LogP) is 1.94. The molecule has 1 saturated heterocycles. The minimum absolute atomic E-state index is 0.0985. The lowest BCUT2D eigenvalue weighted by Crippen LogP contribution is -2.43. The van der Waals surface area contributed by atoms with Crippen molar-refractivity contribution in [3.05, 3.63) is 52.3 Å². The highest BCUT2D eigenvalue weighted by Crippen LogP contribution is 2.29. The molecule has 0 aliphatic carbocycles. The van der Waals surface area contributed by atoms with Crippen molar-refractivity contribution in [3.63, 3.8) is 0 Å². The van der Waals surface area contributed by atoms with Crippen LogP contribution in [0.25, 0.3) is 0 Å². The molecule has 1 atom stereocenters. The van der Waals surface area contributed by atoms with Crippen molar-refractivity contribution in [3.8, 4) is 0 Å². The van der Waals surface area contributed by atoms with Crippen LogP contribution in [-0.2, 0) is 4.74 Å². The summed E-state index contributed by atoms with van der Waals surface area (Å²) in [6.45, 7) is 5.10. The second kappa shape index (κ2) is 6.45. The van der Waals surface area contributed by atoms with Crippen molar-refractivity contribution in [2.45, 2.75) is 19.9 Å². The number of nitrogens with zero attached hydrogens (tertiary/aromatic N) is 2. The second-order valence-corrected chi connectivity index (χ2v) is 5.82. The molecule has 7 nitrogen and oxygen atoms in total. The molecule has 1 aliphatic rings. The number of aromatic carboxylic acids is 1. The Hall–Kier alpha value is -2.67. The Balaban J connectivity index is 1.95. The van der Waals surface area contributed by atoms with Gasteiger partial charge in [-0.2, -0.15) is 5.10 Å². The van der Waals surface area contributed by atoms with E-state index in [1.54, 1.807) is 17.0 Å². The minimum Gasteiger partial charge on any atom is -0.478 e. The van der Waals surface area contributed by atoms with Crippen LogP contribution in [0.1, 0.15) is 43.7 Å². The Morgan fingerprint density at radius 3 is 2.75 bits per heavy atom. The highest BCUT2D eigenvalue weighted by molar-refractivity contribution is 5.97. The van der Waals surface area contributed by atoms with Crippen molar-refractivity contribution < 1.29 is 19.4 Å². The summed E-state index contributed by atoms with van der Waals surface area (Å²) in [5.41, 5.74) is 3.15. The molecule has 0 radical (unpaired) electrons. The van der Waals surface area contributed by atoms with Crippen molar-refractivity contribution in [1.82, 2.24) is 15.1 Å². The number of aryl methyl sites for hydroxylation is 2. The summed E-state index contributed by atoms with van der Waals surface area (Å²) in [7, 11) is 0. The van der Waals surface area contributed by atoms with Crippen LogP contribution in [0.5, 0.6) is 0 Å². The van der Waals surface area contributed by atoms with E-state index in [0.717, 1.165) is 17.0 Å². The Labute approximate surface area is 139 Å². The molecule has 126 valence electrons. The van der Waals surface area contributed by atoms with E-state index < -0.39 is 5.97 Å². The van der Waals surface area contributed by atoms with Gasteiger partial charge in [-0.15, -0.1) is 0 Å². The number of aromatic amines is 1. The first-order valence-electron chi connectivity index (χ1n) is 7.72. The molecule has 1 aromatic carbocycles. The van der Waals surface area contributed by atoms with Crippen LogP contribution in [0.15, 0.2) is 24.3 Å².